The van der Waals surface area contributed by atoms with Crippen molar-refractivity contribution in [2.45, 2.75) is 12.7 Å². The van der Waals surface area contributed by atoms with Crippen molar-refractivity contribution in [3.63, 3.8) is 0 Å². The number of urea groups is 1. The Labute approximate surface area is 165 Å². The molecule has 0 unspecified atom stereocenters. The minimum Gasteiger partial charge on any atom is -0.322 e. The first kappa shape index (κ1) is 19.3. The lowest BCUT2D eigenvalue weighted by Crippen LogP contribution is -2.49. The van der Waals surface area contributed by atoms with Gasteiger partial charge in [0.25, 0.3) is 0 Å². The number of halogens is 3. The van der Waals surface area contributed by atoms with Gasteiger partial charge in [0.2, 0.25) is 0 Å². The van der Waals surface area contributed by atoms with Crippen LogP contribution < -0.4 is 5.32 Å². The van der Waals surface area contributed by atoms with Crippen molar-refractivity contribution in [3.05, 3.63) is 66.1 Å². The monoisotopic (exact) mass is 403 g/mol. The molecule has 1 saturated heterocycles. The molecule has 3 heterocycles. The molecule has 0 bridgehead atoms. The number of amides is 2. The van der Waals surface area contributed by atoms with E-state index in [2.05, 4.69) is 15.2 Å². The van der Waals surface area contributed by atoms with Crippen LogP contribution in [0.4, 0.5) is 23.7 Å². The number of imidazole rings is 1. The molecule has 1 N–H and O–H groups in total. The lowest BCUT2D eigenvalue weighted by molar-refractivity contribution is -0.136. The van der Waals surface area contributed by atoms with Crippen molar-refractivity contribution in [2.75, 3.05) is 31.5 Å². The van der Waals surface area contributed by atoms with Gasteiger partial charge in [-0.05, 0) is 24.3 Å². The van der Waals surface area contributed by atoms with Crippen LogP contribution in [-0.4, -0.2) is 51.4 Å². The van der Waals surface area contributed by atoms with Crippen molar-refractivity contribution >= 4 is 17.4 Å². The summed E-state index contributed by atoms with van der Waals surface area (Å²) >= 11 is 0. The van der Waals surface area contributed by atoms with E-state index in [9.17, 15) is 18.0 Å². The maximum absolute atomic E-state index is 13.1. The molecule has 0 radical (unpaired) electrons. The van der Waals surface area contributed by atoms with Crippen LogP contribution >= 0.6 is 0 Å². The summed E-state index contributed by atoms with van der Waals surface area (Å²) in [5, 5.41) is 2.41. The number of hydrogen-bond acceptors (Lipinski definition) is 3. The Hall–Kier alpha value is -3.07. The second-order valence-electron chi connectivity index (χ2n) is 6.92. The number of carbonyl (C=O) groups is 1. The molecule has 4 rings (SSSR count). The fourth-order valence-corrected chi connectivity index (χ4v) is 3.47. The van der Waals surface area contributed by atoms with E-state index in [-0.39, 0.29) is 5.69 Å². The molecule has 6 nitrogen and oxygen atoms in total. The lowest BCUT2D eigenvalue weighted by Gasteiger charge is -2.34. The van der Waals surface area contributed by atoms with Crippen molar-refractivity contribution in [2.24, 2.45) is 0 Å². The molecule has 3 aromatic rings. The molecule has 9 heteroatoms. The highest BCUT2D eigenvalue weighted by molar-refractivity contribution is 5.90. The zero-order chi connectivity index (χ0) is 20.4. The van der Waals surface area contributed by atoms with E-state index in [1.165, 1.54) is 23.1 Å². The highest BCUT2D eigenvalue weighted by Gasteiger charge is 2.34. The minimum absolute atomic E-state index is 0.224. The Kier molecular flexibility index (Phi) is 5.14. The molecule has 2 aromatic heterocycles. The standard InChI is InChI=1S/C20H20F3N5O/c21-20(22,23)16-5-1-2-6-17(16)25-19(29)27-11-9-26(10-12-27)14-15-13-24-18-7-3-4-8-28(15)18/h1-8,13H,9-12,14H2,(H,25,29). The van der Waals surface area contributed by atoms with Crippen molar-refractivity contribution in [1.29, 1.82) is 0 Å². The van der Waals surface area contributed by atoms with Crippen LogP contribution in [0.25, 0.3) is 5.65 Å². The number of nitrogens with zero attached hydrogens (tertiary/aromatic N) is 4. The predicted molar refractivity (Wildman–Crippen MR) is 103 cm³/mol. The fraction of sp³-hybridized carbons (Fsp3) is 0.300. The highest BCUT2D eigenvalue weighted by atomic mass is 19.4. The summed E-state index contributed by atoms with van der Waals surface area (Å²) in [7, 11) is 0. The maximum atomic E-state index is 13.1. The zero-order valence-electron chi connectivity index (χ0n) is 15.6. The van der Waals surface area contributed by atoms with Crippen LogP contribution in [0.15, 0.2) is 54.9 Å². The number of piperazine rings is 1. The summed E-state index contributed by atoms with van der Waals surface area (Å²) in [6.07, 6.45) is -0.724. The highest BCUT2D eigenvalue weighted by Crippen LogP contribution is 2.34. The van der Waals surface area contributed by atoms with Gasteiger partial charge in [0.15, 0.2) is 0 Å². The molecule has 1 aliphatic heterocycles. The number of carbonyl (C=O) groups excluding carboxylic acids is 1. The second kappa shape index (κ2) is 7.75. The zero-order valence-corrected chi connectivity index (χ0v) is 15.6. The van der Waals surface area contributed by atoms with E-state index in [4.69, 9.17) is 0 Å². The number of rotatable bonds is 3. The molecule has 2 amide bonds. The number of nitrogens with one attached hydrogen (secondary N) is 1. The van der Waals surface area contributed by atoms with Crippen LogP contribution in [0, 0.1) is 0 Å². The van der Waals surface area contributed by atoms with Crippen LogP contribution in [0.3, 0.4) is 0 Å². The quantitative estimate of drug-likeness (QED) is 0.726. The van der Waals surface area contributed by atoms with E-state index in [0.29, 0.717) is 32.7 Å². The fourth-order valence-electron chi connectivity index (χ4n) is 3.47. The summed E-state index contributed by atoms with van der Waals surface area (Å²) < 4.78 is 41.3. The molecule has 1 aliphatic rings. The van der Waals surface area contributed by atoms with Crippen molar-refractivity contribution in [1.82, 2.24) is 19.2 Å². The van der Waals surface area contributed by atoms with Gasteiger partial charge in [-0.3, -0.25) is 4.90 Å². The number of fused-ring (bicyclic) bond motifs is 1. The van der Waals surface area contributed by atoms with Gasteiger partial charge in [0.05, 0.1) is 23.1 Å². The van der Waals surface area contributed by atoms with E-state index >= 15 is 0 Å². The molecule has 0 atom stereocenters. The first-order valence-electron chi connectivity index (χ1n) is 9.27. The van der Waals surface area contributed by atoms with Gasteiger partial charge in [-0.2, -0.15) is 13.2 Å². The normalized spacial score (nSPS) is 15.6. The van der Waals surface area contributed by atoms with Crippen LogP contribution in [0.5, 0.6) is 0 Å². The van der Waals surface area contributed by atoms with Gasteiger partial charge in [-0.25, -0.2) is 9.78 Å². The van der Waals surface area contributed by atoms with Gasteiger partial charge < -0.3 is 14.6 Å². The summed E-state index contributed by atoms with van der Waals surface area (Å²) in [6.45, 7) is 2.84. The summed E-state index contributed by atoms with van der Waals surface area (Å²) in [5.74, 6) is 0. The number of alkyl halides is 3. The first-order chi connectivity index (χ1) is 13.9. The molecule has 152 valence electrons. The molecule has 0 aliphatic carbocycles. The third kappa shape index (κ3) is 4.19. The van der Waals surface area contributed by atoms with Gasteiger partial charge in [-0.1, -0.05) is 18.2 Å². The van der Waals surface area contributed by atoms with E-state index in [1.54, 1.807) is 0 Å². The lowest BCUT2D eigenvalue weighted by atomic mass is 10.1. The Morgan fingerprint density at radius 2 is 1.76 bits per heavy atom. The molecular formula is C20H20F3N5O. The summed E-state index contributed by atoms with van der Waals surface area (Å²) in [6, 6.07) is 10.3. The Morgan fingerprint density at radius 3 is 2.52 bits per heavy atom. The van der Waals surface area contributed by atoms with E-state index in [0.717, 1.165) is 17.4 Å². The third-order valence-corrected chi connectivity index (χ3v) is 5.01. The van der Waals surface area contributed by atoms with Crippen molar-refractivity contribution < 1.29 is 18.0 Å². The van der Waals surface area contributed by atoms with Gasteiger partial charge in [0, 0.05) is 38.9 Å². The SMILES string of the molecule is O=C(Nc1ccccc1C(F)(F)F)N1CCN(Cc2cnc3ccccn23)CC1. The van der Waals surface area contributed by atoms with Crippen LogP contribution in [-0.2, 0) is 12.7 Å². The van der Waals surface area contributed by atoms with E-state index < -0.39 is 17.8 Å². The average molecular weight is 403 g/mol. The second-order valence-corrected chi connectivity index (χ2v) is 6.92. The molecule has 1 fully saturated rings. The van der Waals surface area contributed by atoms with Crippen LogP contribution in [0.1, 0.15) is 11.3 Å². The Balaban J connectivity index is 1.36. The molecule has 1 aromatic carbocycles. The largest absolute Gasteiger partial charge is 0.418 e. The average Bonchev–Trinajstić information content (AvgIpc) is 3.11. The maximum Gasteiger partial charge on any atom is 0.418 e. The predicted octanol–water partition coefficient (Wildman–Crippen LogP) is 3.70. The molecule has 29 heavy (non-hydrogen) atoms. The summed E-state index contributed by atoms with van der Waals surface area (Å²) in [4.78, 5) is 20.6. The Bertz CT molecular complexity index is 1010. The van der Waals surface area contributed by atoms with Gasteiger partial charge >= 0.3 is 12.2 Å². The topological polar surface area (TPSA) is 52.9 Å². The number of anilines is 1. The van der Waals surface area contributed by atoms with Gasteiger partial charge in [-0.15, -0.1) is 0 Å². The smallest absolute Gasteiger partial charge is 0.322 e. The molecule has 0 spiro atoms. The number of benzene rings is 1. The first-order valence-corrected chi connectivity index (χ1v) is 9.27. The number of pyridine rings is 1. The third-order valence-electron chi connectivity index (χ3n) is 5.01. The number of hydrogen-bond donors (Lipinski definition) is 1. The Morgan fingerprint density at radius 1 is 1.03 bits per heavy atom. The number of aromatic nitrogens is 2. The van der Waals surface area contributed by atoms with Gasteiger partial charge in [0.1, 0.15) is 5.65 Å². The van der Waals surface area contributed by atoms with Crippen LogP contribution in [0.2, 0.25) is 0 Å². The summed E-state index contributed by atoms with van der Waals surface area (Å²) in [5.41, 5.74) is 0.860. The van der Waals surface area contributed by atoms with Crippen molar-refractivity contribution in [3.8, 4) is 0 Å². The molecular weight excluding hydrogens is 383 g/mol. The number of para-hydroxylation sites is 1. The molecule has 0 saturated carbocycles. The minimum atomic E-state index is -4.52. The van der Waals surface area contributed by atoms with E-state index in [1.807, 2.05) is 35.0 Å².